The lowest BCUT2D eigenvalue weighted by Crippen LogP contribution is -2.42. The summed E-state index contributed by atoms with van der Waals surface area (Å²) in [5, 5.41) is 12.9. The Labute approximate surface area is 108 Å². The van der Waals surface area contributed by atoms with E-state index in [-0.39, 0.29) is 12.0 Å². The molecule has 1 aliphatic rings. The highest BCUT2D eigenvalue weighted by molar-refractivity contribution is 5.49. The van der Waals surface area contributed by atoms with E-state index in [2.05, 4.69) is 27.1 Å². The summed E-state index contributed by atoms with van der Waals surface area (Å²) in [5.74, 6) is 1.95. The third-order valence-electron chi connectivity index (χ3n) is 3.44. The van der Waals surface area contributed by atoms with Crippen LogP contribution in [0.25, 0.3) is 0 Å². The zero-order valence-electron chi connectivity index (χ0n) is 11.3. The summed E-state index contributed by atoms with van der Waals surface area (Å²) in [4.78, 5) is 11.1. The lowest BCUT2D eigenvalue weighted by molar-refractivity contribution is 0.0968. The van der Waals surface area contributed by atoms with Crippen LogP contribution in [0.3, 0.4) is 0 Å². The molecule has 5 heteroatoms. The van der Waals surface area contributed by atoms with E-state index in [1.54, 1.807) is 0 Å². The van der Waals surface area contributed by atoms with E-state index in [0.717, 1.165) is 37.4 Å². The second kappa shape index (κ2) is 5.52. The molecule has 0 aliphatic carbocycles. The molecule has 1 aliphatic heterocycles. The molecule has 0 amide bonds. The van der Waals surface area contributed by atoms with Gasteiger partial charge in [-0.15, -0.1) is 0 Å². The largest absolute Gasteiger partial charge is 0.393 e. The highest BCUT2D eigenvalue weighted by Crippen LogP contribution is 2.24. The lowest BCUT2D eigenvalue weighted by atomic mass is 9.96. The van der Waals surface area contributed by atoms with E-state index in [4.69, 9.17) is 0 Å². The molecule has 2 atom stereocenters. The molecule has 100 valence electrons. The molecule has 0 aromatic carbocycles. The Balaban J connectivity index is 2.19. The third kappa shape index (κ3) is 2.72. The number of piperidine rings is 1. The van der Waals surface area contributed by atoms with Crippen LogP contribution in [0.1, 0.15) is 25.8 Å². The highest BCUT2D eigenvalue weighted by atomic mass is 16.3. The van der Waals surface area contributed by atoms with Crippen molar-refractivity contribution < 1.29 is 5.11 Å². The maximum absolute atomic E-state index is 9.78. The van der Waals surface area contributed by atoms with Gasteiger partial charge in [0.25, 0.3) is 0 Å². The number of anilines is 2. The molecule has 2 rings (SSSR count). The Kier molecular flexibility index (Phi) is 4.01. The van der Waals surface area contributed by atoms with Gasteiger partial charge in [-0.2, -0.15) is 4.98 Å². The van der Waals surface area contributed by atoms with Gasteiger partial charge in [-0.25, -0.2) is 4.98 Å². The number of aromatic nitrogens is 2. The zero-order valence-corrected chi connectivity index (χ0v) is 11.3. The van der Waals surface area contributed by atoms with E-state index >= 15 is 0 Å². The van der Waals surface area contributed by atoms with E-state index in [9.17, 15) is 5.11 Å². The Bertz CT molecular complexity index is 410. The quantitative estimate of drug-likeness (QED) is 0.849. The topological polar surface area (TPSA) is 61.3 Å². The van der Waals surface area contributed by atoms with Gasteiger partial charge in [0, 0.05) is 31.4 Å². The normalized spacial score (nSPS) is 24.1. The molecule has 2 N–H and O–H groups in total. The maximum Gasteiger partial charge on any atom is 0.224 e. The van der Waals surface area contributed by atoms with Crippen LogP contribution in [0.4, 0.5) is 11.8 Å². The minimum absolute atomic E-state index is 0.184. The second-order valence-corrected chi connectivity index (χ2v) is 5.01. The van der Waals surface area contributed by atoms with Crippen molar-refractivity contribution in [2.75, 3.05) is 29.9 Å². The maximum atomic E-state index is 9.78. The van der Waals surface area contributed by atoms with Crippen LogP contribution >= 0.6 is 0 Å². The molecule has 0 bridgehead atoms. The molecular weight excluding hydrogens is 228 g/mol. The number of hydrogen-bond acceptors (Lipinski definition) is 5. The fourth-order valence-electron chi connectivity index (χ4n) is 2.32. The van der Waals surface area contributed by atoms with Crippen molar-refractivity contribution in [1.82, 2.24) is 9.97 Å². The van der Waals surface area contributed by atoms with Crippen LogP contribution in [0.2, 0.25) is 0 Å². The van der Waals surface area contributed by atoms with E-state index in [1.807, 2.05) is 20.0 Å². The molecule has 2 heterocycles. The van der Waals surface area contributed by atoms with Crippen LogP contribution in [0.15, 0.2) is 6.20 Å². The molecule has 0 spiro atoms. The summed E-state index contributed by atoms with van der Waals surface area (Å²) >= 11 is 0. The Hall–Kier alpha value is -1.36. The highest BCUT2D eigenvalue weighted by Gasteiger charge is 2.26. The van der Waals surface area contributed by atoms with Gasteiger partial charge < -0.3 is 15.3 Å². The minimum atomic E-state index is -0.184. The Morgan fingerprint density at radius 3 is 3.00 bits per heavy atom. The average Bonchev–Trinajstić information content (AvgIpc) is 2.35. The first kappa shape index (κ1) is 13.1. The minimum Gasteiger partial charge on any atom is -0.393 e. The van der Waals surface area contributed by atoms with Gasteiger partial charge >= 0.3 is 0 Å². The predicted octanol–water partition coefficient (Wildman–Crippen LogP) is 1.42. The van der Waals surface area contributed by atoms with Crippen molar-refractivity contribution in [2.45, 2.75) is 33.3 Å². The molecule has 18 heavy (non-hydrogen) atoms. The molecule has 0 saturated carbocycles. The van der Waals surface area contributed by atoms with Crippen molar-refractivity contribution >= 4 is 11.8 Å². The molecule has 1 aromatic heterocycles. The molecular formula is C13H22N4O. The number of nitrogens with one attached hydrogen (secondary N) is 1. The molecule has 2 unspecified atom stereocenters. The van der Waals surface area contributed by atoms with Crippen LogP contribution in [0, 0.1) is 12.8 Å². The molecule has 1 fully saturated rings. The third-order valence-corrected chi connectivity index (χ3v) is 3.44. The average molecular weight is 250 g/mol. The number of aryl methyl sites for hydroxylation is 1. The fourth-order valence-corrected chi connectivity index (χ4v) is 2.32. The number of aliphatic hydroxyl groups is 1. The van der Waals surface area contributed by atoms with Gasteiger partial charge in [-0.1, -0.05) is 6.92 Å². The van der Waals surface area contributed by atoms with Gasteiger partial charge in [0.15, 0.2) is 0 Å². The molecule has 0 radical (unpaired) electrons. The summed E-state index contributed by atoms with van der Waals surface area (Å²) < 4.78 is 0. The first-order chi connectivity index (χ1) is 8.61. The zero-order chi connectivity index (χ0) is 13.1. The monoisotopic (exact) mass is 250 g/mol. The van der Waals surface area contributed by atoms with Crippen LogP contribution in [-0.4, -0.2) is 40.8 Å². The summed E-state index contributed by atoms with van der Waals surface area (Å²) in [6.45, 7) is 8.67. The first-order valence-electron chi connectivity index (χ1n) is 6.62. The van der Waals surface area contributed by atoms with E-state index < -0.39 is 0 Å². The van der Waals surface area contributed by atoms with Gasteiger partial charge in [0.1, 0.15) is 5.82 Å². The standard InChI is InChI=1S/C13H22N4O/c1-4-14-13-15-7-9(2)12(16-13)17-6-5-11(18)10(3)8-17/h7,10-11,18H,4-6,8H2,1-3H3,(H,14,15,16). The van der Waals surface area contributed by atoms with Gasteiger partial charge in [0.2, 0.25) is 5.95 Å². The molecule has 1 saturated heterocycles. The smallest absolute Gasteiger partial charge is 0.224 e. The van der Waals surface area contributed by atoms with Crippen LogP contribution in [-0.2, 0) is 0 Å². The molecule has 1 aromatic rings. The SMILES string of the molecule is CCNc1ncc(C)c(N2CCC(O)C(C)C2)n1. The second-order valence-electron chi connectivity index (χ2n) is 5.01. The predicted molar refractivity (Wildman–Crippen MR) is 72.9 cm³/mol. The van der Waals surface area contributed by atoms with Crippen molar-refractivity contribution in [3.63, 3.8) is 0 Å². The van der Waals surface area contributed by atoms with Crippen molar-refractivity contribution in [2.24, 2.45) is 5.92 Å². The van der Waals surface area contributed by atoms with Crippen molar-refractivity contribution in [3.05, 3.63) is 11.8 Å². The summed E-state index contributed by atoms with van der Waals surface area (Å²) in [7, 11) is 0. The Morgan fingerprint density at radius 1 is 1.56 bits per heavy atom. The van der Waals surface area contributed by atoms with Gasteiger partial charge in [-0.3, -0.25) is 0 Å². The number of hydrogen-bond donors (Lipinski definition) is 2. The number of nitrogens with zero attached hydrogens (tertiary/aromatic N) is 3. The van der Waals surface area contributed by atoms with Crippen molar-refractivity contribution in [3.8, 4) is 0 Å². The summed E-state index contributed by atoms with van der Waals surface area (Å²) in [6, 6.07) is 0. The summed E-state index contributed by atoms with van der Waals surface area (Å²) in [6.07, 6.45) is 2.48. The summed E-state index contributed by atoms with van der Waals surface area (Å²) in [5.41, 5.74) is 1.08. The van der Waals surface area contributed by atoms with Gasteiger partial charge in [0.05, 0.1) is 6.10 Å². The van der Waals surface area contributed by atoms with E-state index in [0.29, 0.717) is 5.95 Å². The van der Waals surface area contributed by atoms with Crippen LogP contribution < -0.4 is 10.2 Å². The fraction of sp³-hybridized carbons (Fsp3) is 0.692. The van der Waals surface area contributed by atoms with Crippen molar-refractivity contribution in [1.29, 1.82) is 0 Å². The first-order valence-corrected chi connectivity index (χ1v) is 6.62. The van der Waals surface area contributed by atoms with E-state index in [1.165, 1.54) is 0 Å². The number of rotatable bonds is 3. The molecule has 5 nitrogen and oxygen atoms in total. The van der Waals surface area contributed by atoms with Crippen LogP contribution in [0.5, 0.6) is 0 Å². The Morgan fingerprint density at radius 2 is 2.33 bits per heavy atom. The lowest BCUT2D eigenvalue weighted by Gasteiger charge is -2.35. The number of aliphatic hydroxyl groups excluding tert-OH is 1. The van der Waals surface area contributed by atoms with Gasteiger partial charge in [-0.05, 0) is 26.2 Å².